The quantitative estimate of drug-likeness (QED) is 0.204. The number of fused-ring (bicyclic) bond motifs is 3. The first-order valence-corrected chi connectivity index (χ1v) is 27.4. The molecular formula is C41H62Cl2SiZr. The van der Waals surface area contributed by atoms with Crippen molar-refractivity contribution < 1.29 is 20.8 Å². The van der Waals surface area contributed by atoms with E-state index < -0.39 is 28.9 Å². The van der Waals surface area contributed by atoms with Gasteiger partial charge in [0.15, 0.2) is 0 Å². The van der Waals surface area contributed by atoms with Crippen LogP contribution in [0.1, 0.15) is 107 Å². The molecule has 5 aliphatic carbocycles. The fraction of sp³-hybridized carbons (Fsp3) is 0.659. The summed E-state index contributed by atoms with van der Waals surface area (Å²) in [6.45, 7) is 11.1. The molecule has 0 saturated heterocycles. The Kier molecular flexibility index (Phi) is 14.1. The first-order valence-electron chi connectivity index (χ1n) is 17.9. The molecular weight excluding hydrogens is 683 g/mol. The van der Waals surface area contributed by atoms with Gasteiger partial charge in [0.05, 0.1) is 8.07 Å². The molecule has 5 saturated carbocycles. The molecule has 0 nitrogen and oxygen atoms in total. The SMILES string of the molecule is CC(CC1CC([Si](C)(C)C2CC(C)C3C2CC2CCCC2C3c2ccccc2)C2CCCCC12)c1ccccc1.[CH3-].[CH3-].[Cl][Zr+2][Cl]. The van der Waals surface area contributed by atoms with Gasteiger partial charge in [0.25, 0.3) is 0 Å². The molecule has 7 rings (SSSR count). The molecule has 0 N–H and O–H groups in total. The van der Waals surface area contributed by atoms with E-state index in [1.807, 2.05) is 0 Å². The zero-order valence-corrected chi connectivity index (χ0v) is 34.2. The van der Waals surface area contributed by atoms with Gasteiger partial charge in [-0.1, -0.05) is 120 Å². The molecule has 0 bridgehead atoms. The molecule has 5 aliphatic rings. The molecule has 248 valence electrons. The van der Waals surface area contributed by atoms with Gasteiger partial charge in [-0.15, -0.1) is 0 Å². The summed E-state index contributed by atoms with van der Waals surface area (Å²) in [7, 11) is 8.43. The van der Waals surface area contributed by atoms with Gasteiger partial charge >= 0.3 is 37.9 Å². The van der Waals surface area contributed by atoms with Crippen LogP contribution in [0.4, 0.5) is 0 Å². The first kappa shape index (κ1) is 37.9. The molecule has 2 aromatic carbocycles. The summed E-state index contributed by atoms with van der Waals surface area (Å²) < 4.78 is 0. The van der Waals surface area contributed by atoms with Crippen LogP contribution in [0.15, 0.2) is 60.7 Å². The van der Waals surface area contributed by atoms with Crippen molar-refractivity contribution in [2.24, 2.45) is 47.3 Å². The molecule has 0 radical (unpaired) electrons. The van der Waals surface area contributed by atoms with E-state index in [0.29, 0.717) is 5.92 Å². The molecule has 12 unspecified atom stereocenters. The zero-order valence-electron chi connectivity index (χ0n) is 29.2. The van der Waals surface area contributed by atoms with E-state index in [9.17, 15) is 0 Å². The number of rotatable bonds is 6. The molecule has 12 atom stereocenters. The third kappa shape index (κ3) is 7.65. The van der Waals surface area contributed by atoms with Crippen LogP contribution < -0.4 is 0 Å². The standard InChI is InChI=1S/C39H56Si.2CH3.2ClH.Zr/c1-26(28-14-7-5-8-15-28)22-31-25-37(34-20-12-11-19-32(31)34)40(3,4)36-23-27(2)38-35(36)24-30-18-13-21-33(30)39(38)29-16-9-6-10-17-29;;;;;/h5-10,14-17,26-27,30-39H,11-13,18-25H2,1-4H3;2*1H3;2*1H;/q;2*-1;;;+4/p-2. The summed E-state index contributed by atoms with van der Waals surface area (Å²) in [4.78, 5) is 0. The summed E-state index contributed by atoms with van der Waals surface area (Å²) in [5.41, 5.74) is 5.39. The normalized spacial score (nSPS) is 37.3. The monoisotopic (exact) mass is 742 g/mol. The summed E-state index contributed by atoms with van der Waals surface area (Å²) >= 11 is -0.826. The summed E-state index contributed by atoms with van der Waals surface area (Å²) in [6.07, 6.45) is 16.7. The Morgan fingerprint density at radius 2 is 1.31 bits per heavy atom. The summed E-state index contributed by atoms with van der Waals surface area (Å²) in [5, 5.41) is 0. The van der Waals surface area contributed by atoms with Crippen molar-refractivity contribution in [3.8, 4) is 0 Å². The van der Waals surface area contributed by atoms with Crippen molar-refractivity contribution in [2.75, 3.05) is 0 Å². The Balaban J connectivity index is 0.000000888. The topological polar surface area (TPSA) is 0 Å². The summed E-state index contributed by atoms with van der Waals surface area (Å²) in [6, 6.07) is 23.4. The fourth-order valence-corrected chi connectivity index (χ4v) is 18.0. The van der Waals surface area contributed by atoms with Gasteiger partial charge < -0.3 is 14.9 Å². The zero-order chi connectivity index (χ0) is 30.1. The van der Waals surface area contributed by atoms with Gasteiger partial charge in [0.1, 0.15) is 0 Å². The van der Waals surface area contributed by atoms with E-state index >= 15 is 0 Å². The van der Waals surface area contributed by atoms with Gasteiger partial charge in [-0.25, -0.2) is 0 Å². The number of benzene rings is 2. The molecule has 5 fully saturated rings. The minimum atomic E-state index is -1.44. The summed E-state index contributed by atoms with van der Waals surface area (Å²) in [5.74, 6) is 9.41. The van der Waals surface area contributed by atoms with E-state index in [1.54, 1.807) is 36.8 Å². The molecule has 4 heteroatoms. The second-order valence-corrected chi connectivity index (χ2v) is 25.1. The average molecular weight is 745 g/mol. The van der Waals surface area contributed by atoms with E-state index in [0.717, 1.165) is 64.3 Å². The molecule has 0 spiro atoms. The number of hydrogen-bond donors (Lipinski definition) is 0. The van der Waals surface area contributed by atoms with Gasteiger partial charge in [-0.3, -0.25) is 0 Å². The average Bonchev–Trinajstić information content (AvgIpc) is 3.74. The second kappa shape index (κ2) is 16.7. The minimum absolute atomic E-state index is 0. The first-order chi connectivity index (χ1) is 20.8. The van der Waals surface area contributed by atoms with Crippen molar-refractivity contribution in [1.29, 1.82) is 0 Å². The third-order valence-corrected chi connectivity index (χ3v) is 19.3. The third-order valence-electron chi connectivity index (χ3n) is 14.1. The molecule has 0 heterocycles. The maximum absolute atomic E-state index is 4.93. The van der Waals surface area contributed by atoms with E-state index in [-0.39, 0.29) is 14.9 Å². The Morgan fingerprint density at radius 1 is 0.733 bits per heavy atom. The number of halogens is 2. The van der Waals surface area contributed by atoms with Crippen LogP contribution in [0.3, 0.4) is 0 Å². The Morgan fingerprint density at radius 3 is 1.98 bits per heavy atom. The Hall–Kier alpha value is 0.120. The molecule has 45 heavy (non-hydrogen) atoms. The predicted octanol–water partition coefficient (Wildman–Crippen LogP) is 13.6. The molecule has 0 aromatic heterocycles. The molecule has 0 aliphatic heterocycles. The fourth-order valence-electron chi connectivity index (χ4n) is 12.6. The van der Waals surface area contributed by atoms with E-state index in [1.165, 1.54) is 44.9 Å². The second-order valence-electron chi connectivity index (χ2n) is 16.2. The molecule has 2 aromatic rings. The van der Waals surface area contributed by atoms with Gasteiger partial charge in [0.2, 0.25) is 0 Å². The number of hydrogen-bond acceptors (Lipinski definition) is 0. The van der Waals surface area contributed by atoms with Crippen molar-refractivity contribution in [3.05, 3.63) is 86.6 Å². The van der Waals surface area contributed by atoms with Gasteiger partial charge in [-0.2, -0.15) is 0 Å². The van der Waals surface area contributed by atoms with Gasteiger partial charge in [0, 0.05) is 0 Å². The van der Waals surface area contributed by atoms with Crippen molar-refractivity contribution in [2.45, 2.75) is 120 Å². The van der Waals surface area contributed by atoms with E-state index in [4.69, 9.17) is 17.0 Å². The van der Waals surface area contributed by atoms with Crippen LogP contribution in [-0.2, 0) is 20.8 Å². The van der Waals surface area contributed by atoms with Crippen LogP contribution in [0.2, 0.25) is 24.2 Å². The molecule has 0 amide bonds. The van der Waals surface area contributed by atoms with Crippen LogP contribution in [0.25, 0.3) is 0 Å². The van der Waals surface area contributed by atoms with Crippen molar-refractivity contribution in [1.82, 2.24) is 0 Å². The van der Waals surface area contributed by atoms with Crippen LogP contribution >= 0.6 is 17.0 Å². The van der Waals surface area contributed by atoms with Crippen LogP contribution in [0.5, 0.6) is 0 Å². The van der Waals surface area contributed by atoms with Gasteiger partial charge in [-0.05, 0) is 120 Å². The van der Waals surface area contributed by atoms with Crippen LogP contribution in [0, 0.1) is 62.2 Å². The maximum atomic E-state index is 4.93. The Labute approximate surface area is 298 Å². The predicted molar refractivity (Wildman–Crippen MR) is 198 cm³/mol. The van der Waals surface area contributed by atoms with Crippen LogP contribution in [-0.4, -0.2) is 8.07 Å². The van der Waals surface area contributed by atoms with Crippen molar-refractivity contribution >= 4 is 25.1 Å². The van der Waals surface area contributed by atoms with Crippen molar-refractivity contribution in [3.63, 3.8) is 0 Å². The van der Waals surface area contributed by atoms with E-state index in [2.05, 4.69) is 87.6 Å². The Bertz CT molecular complexity index is 1160.